The average molecular weight is 470 g/mol. The van der Waals surface area contributed by atoms with Gasteiger partial charge in [0.1, 0.15) is 23.4 Å². The third-order valence-corrected chi connectivity index (χ3v) is 6.82. The van der Waals surface area contributed by atoms with Crippen LogP contribution < -0.4 is 14.8 Å². The summed E-state index contributed by atoms with van der Waals surface area (Å²) in [5, 5.41) is 3.36. The first-order valence-electron chi connectivity index (χ1n) is 12.2. The molecule has 0 bridgehead atoms. The second-order valence-corrected chi connectivity index (χ2v) is 9.02. The van der Waals surface area contributed by atoms with Crippen LogP contribution in [-0.4, -0.2) is 35.7 Å². The van der Waals surface area contributed by atoms with Crippen LogP contribution in [-0.2, 0) is 4.79 Å². The molecule has 6 heteroatoms. The van der Waals surface area contributed by atoms with Crippen LogP contribution in [0.5, 0.6) is 11.5 Å². The number of carbonyl (C=O) groups excluding carboxylic acids is 1. The number of imidazole rings is 1. The summed E-state index contributed by atoms with van der Waals surface area (Å²) in [6.07, 6.45) is 5.60. The number of fused-ring (bicyclic) bond motifs is 1. The van der Waals surface area contributed by atoms with E-state index in [0.29, 0.717) is 17.3 Å². The van der Waals surface area contributed by atoms with Crippen LogP contribution >= 0.6 is 0 Å². The second kappa shape index (κ2) is 10.2. The summed E-state index contributed by atoms with van der Waals surface area (Å²) in [5.74, 6) is 2.00. The molecular weight excluding hydrogens is 438 g/mol. The van der Waals surface area contributed by atoms with Gasteiger partial charge in [-0.25, -0.2) is 4.98 Å². The maximum absolute atomic E-state index is 14.0. The Kier molecular flexibility index (Phi) is 6.70. The van der Waals surface area contributed by atoms with E-state index < -0.39 is 6.04 Å². The van der Waals surface area contributed by atoms with E-state index in [-0.39, 0.29) is 11.9 Å². The van der Waals surface area contributed by atoms with Crippen molar-refractivity contribution in [2.24, 2.45) is 0 Å². The van der Waals surface area contributed by atoms with Crippen molar-refractivity contribution in [3.8, 4) is 22.9 Å². The average Bonchev–Trinajstić information content (AvgIpc) is 3.28. The third kappa shape index (κ3) is 4.61. The normalized spacial score (nSPS) is 15.0. The summed E-state index contributed by atoms with van der Waals surface area (Å²) < 4.78 is 13.2. The van der Waals surface area contributed by atoms with E-state index in [1.54, 1.807) is 14.2 Å². The quantitative estimate of drug-likeness (QED) is 0.374. The number of nitrogens with one attached hydrogen (secondary N) is 1. The molecule has 180 valence electrons. The van der Waals surface area contributed by atoms with Crippen LogP contribution in [0.2, 0.25) is 0 Å². The lowest BCUT2D eigenvalue weighted by molar-refractivity contribution is -0.124. The van der Waals surface area contributed by atoms with Crippen LogP contribution in [0.4, 0.5) is 0 Å². The molecular formula is C29H31N3O3. The number of ether oxygens (including phenoxy) is 2. The van der Waals surface area contributed by atoms with Gasteiger partial charge >= 0.3 is 0 Å². The Morgan fingerprint density at radius 2 is 1.69 bits per heavy atom. The van der Waals surface area contributed by atoms with E-state index in [9.17, 15) is 4.79 Å². The Hall–Kier alpha value is -3.80. The number of para-hydroxylation sites is 2. The van der Waals surface area contributed by atoms with Gasteiger partial charge in [-0.3, -0.25) is 4.79 Å². The van der Waals surface area contributed by atoms with Gasteiger partial charge in [-0.05, 0) is 42.7 Å². The third-order valence-electron chi connectivity index (χ3n) is 6.82. The molecule has 3 aromatic carbocycles. The van der Waals surface area contributed by atoms with E-state index in [0.717, 1.165) is 47.8 Å². The van der Waals surface area contributed by atoms with Gasteiger partial charge in [0, 0.05) is 12.1 Å². The maximum atomic E-state index is 14.0. The van der Waals surface area contributed by atoms with Gasteiger partial charge in [0.15, 0.2) is 0 Å². The molecule has 35 heavy (non-hydrogen) atoms. The molecule has 0 radical (unpaired) electrons. The Morgan fingerprint density at radius 1 is 0.943 bits per heavy atom. The van der Waals surface area contributed by atoms with Crippen molar-refractivity contribution in [2.45, 2.75) is 44.2 Å². The predicted octanol–water partition coefficient (Wildman–Crippen LogP) is 5.76. The molecule has 1 aliphatic rings. The van der Waals surface area contributed by atoms with Crippen molar-refractivity contribution in [1.82, 2.24) is 14.9 Å². The van der Waals surface area contributed by atoms with Crippen molar-refractivity contribution >= 4 is 16.9 Å². The number of aromatic nitrogens is 2. The summed E-state index contributed by atoms with van der Waals surface area (Å²) in [6, 6.07) is 23.2. The molecule has 1 N–H and O–H groups in total. The minimum absolute atomic E-state index is 0.0139. The van der Waals surface area contributed by atoms with Crippen molar-refractivity contribution in [3.05, 3.63) is 78.4 Å². The lowest BCUT2D eigenvalue weighted by atomic mass is 9.95. The Bertz CT molecular complexity index is 1310. The summed E-state index contributed by atoms with van der Waals surface area (Å²) in [7, 11) is 3.26. The minimum Gasteiger partial charge on any atom is -0.497 e. The molecule has 1 aliphatic carbocycles. The van der Waals surface area contributed by atoms with Gasteiger partial charge in [0.2, 0.25) is 5.91 Å². The van der Waals surface area contributed by atoms with Crippen molar-refractivity contribution < 1.29 is 14.3 Å². The standard InChI is InChI=1S/C29H31N3O3/c1-34-22-17-18-23(26(19-22)35-2)28-31-24-15-9-10-16-25(24)32(28)27(20-11-5-3-6-12-20)29(33)30-21-13-7-4-8-14-21/h3,5-6,9-12,15-19,21,27H,4,7-8,13-14H2,1-2H3,(H,30,33). The van der Waals surface area contributed by atoms with Gasteiger partial charge in [-0.15, -0.1) is 0 Å². The van der Waals surface area contributed by atoms with Crippen molar-refractivity contribution in [2.75, 3.05) is 14.2 Å². The largest absolute Gasteiger partial charge is 0.497 e. The highest BCUT2D eigenvalue weighted by Gasteiger charge is 2.30. The fourth-order valence-corrected chi connectivity index (χ4v) is 5.06. The first-order valence-corrected chi connectivity index (χ1v) is 12.2. The molecule has 1 heterocycles. The fourth-order valence-electron chi connectivity index (χ4n) is 5.06. The molecule has 1 amide bonds. The van der Waals surface area contributed by atoms with Crippen molar-refractivity contribution in [3.63, 3.8) is 0 Å². The maximum Gasteiger partial charge on any atom is 0.248 e. The van der Waals surface area contributed by atoms with Crippen molar-refractivity contribution in [1.29, 1.82) is 0 Å². The zero-order valence-corrected chi connectivity index (χ0v) is 20.2. The van der Waals surface area contributed by atoms with Gasteiger partial charge in [0.25, 0.3) is 0 Å². The van der Waals surface area contributed by atoms with Crippen LogP contribution in [0.3, 0.4) is 0 Å². The van der Waals surface area contributed by atoms with Gasteiger partial charge in [-0.2, -0.15) is 0 Å². The van der Waals surface area contributed by atoms with Crippen LogP contribution in [0.25, 0.3) is 22.4 Å². The molecule has 5 rings (SSSR count). The van der Waals surface area contributed by atoms with E-state index in [1.807, 2.05) is 77.4 Å². The number of hydrogen-bond donors (Lipinski definition) is 1. The highest BCUT2D eigenvalue weighted by molar-refractivity contribution is 5.90. The smallest absolute Gasteiger partial charge is 0.248 e. The lowest BCUT2D eigenvalue weighted by Gasteiger charge is -2.27. The summed E-state index contributed by atoms with van der Waals surface area (Å²) >= 11 is 0. The van der Waals surface area contributed by atoms with E-state index in [1.165, 1.54) is 6.42 Å². The Morgan fingerprint density at radius 3 is 2.43 bits per heavy atom. The SMILES string of the molecule is COc1ccc(-c2nc3ccccc3n2C(C(=O)NC2CCCCC2)c2ccccc2)c(OC)c1. The summed E-state index contributed by atoms with van der Waals surface area (Å²) in [5.41, 5.74) is 3.44. The molecule has 1 aromatic heterocycles. The molecule has 1 fully saturated rings. The first-order chi connectivity index (χ1) is 17.2. The molecule has 1 atom stereocenters. The fraction of sp³-hybridized carbons (Fsp3) is 0.310. The number of nitrogens with zero attached hydrogens (tertiary/aromatic N) is 2. The van der Waals surface area contributed by atoms with Gasteiger partial charge < -0.3 is 19.4 Å². The van der Waals surface area contributed by atoms with Crippen LogP contribution in [0.1, 0.15) is 43.7 Å². The number of hydrogen-bond acceptors (Lipinski definition) is 4. The molecule has 4 aromatic rings. The molecule has 1 saturated carbocycles. The van der Waals surface area contributed by atoms with E-state index in [4.69, 9.17) is 14.5 Å². The van der Waals surface area contributed by atoms with E-state index >= 15 is 0 Å². The molecule has 0 aliphatic heterocycles. The number of methoxy groups -OCH3 is 2. The topological polar surface area (TPSA) is 65.4 Å². The molecule has 0 spiro atoms. The first kappa shape index (κ1) is 23.0. The monoisotopic (exact) mass is 469 g/mol. The number of carbonyl (C=O) groups is 1. The second-order valence-electron chi connectivity index (χ2n) is 9.02. The highest BCUT2D eigenvalue weighted by Crippen LogP contribution is 2.38. The zero-order chi connectivity index (χ0) is 24.2. The lowest BCUT2D eigenvalue weighted by Crippen LogP contribution is -2.41. The van der Waals surface area contributed by atoms with Gasteiger partial charge in [-0.1, -0.05) is 61.7 Å². The molecule has 0 saturated heterocycles. The van der Waals surface area contributed by atoms with Crippen LogP contribution in [0.15, 0.2) is 72.8 Å². The number of benzene rings is 3. The summed E-state index contributed by atoms with van der Waals surface area (Å²) in [6.45, 7) is 0. The van der Waals surface area contributed by atoms with Crippen LogP contribution in [0, 0.1) is 0 Å². The van der Waals surface area contributed by atoms with E-state index in [2.05, 4.69) is 5.32 Å². The molecule has 6 nitrogen and oxygen atoms in total. The summed E-state index contributed by atoms with van der Waals surface area (Å²) in [4.78, 5) is 19.0. The number of amides is 1. The Labute approximate surface area is 205 Å². The minimum atomic E-state index is -0.577. The number of rotatable bonds is 7. The Balaban J connectivity index is 1.70. The predicted molar refractivity (Wildman–Crippen MR) is 138 cm³/mol. The van der Waals surface area contributed by atoms with Gasteiger partial charge in [0.05, 0.1) is 30.8 Å². The highest BCUT2D eigenvalue weighted by atomic mass is 16.5. The zero-order valence-electron chi connectivity index (χ0n) is 20.2. The molecule has 1 unspecified atom stereocenters.